The summed E-state index contributed by atoms with van der Waals surface area (Å²) in [5.74, 6) is -0.0634. The van der Waals surface area contributed by atoms with Crippen molar-refractivity contribution in [3.05, 3.63) is 12.2 Å². The zero-order valence-electron chi connectivity index (χ0n) is 6.45. The van der Waals surface area contributed by atoms with Crippen LogP contribution in [0.4, 0.5) is 0 Å². The van der Waals surface area contributed by atoms with Gasteiger partial charge in [-0.2, -0.15) is 0 Å². The van der Waals surface area contributed by atoms with E-state index >= 15 is 0 Å². The Morgan fingerprint density at radius 1 is 1.30 bits per heavy atom. The Balaban J connectivity index is 3.40. The van der Waals surface area contributed by atoms with Crippen molar-refractivity contribution in [3.8, 4) is 0 Å². The van der Waals surface area contributed by atoms with Crippen LogP contribution in [0.25, 0.3) is 0 Å². The highest BCUT2D eigenvalue weighted by Crippen LogP contribution is 1.97. The Hall–Kier alpha value is -0.340. The molecule has 0 bridgehead atoms. The maximum atomic E-state index is 8.61. The third-order valence-corrected chi connectivity index (χ3v) is 1.33. The van der Waals surface area contributed by atoms with E-state index in [9.17, 15) is 0 Å². The summed E-state index contributed by atoms with van der Waals surface area (Å²) in [6, 6.07) is 0. The van der Waals surface area contributed by atoms with E-state index in [1.165, 1.54) is 0 Å². The minimum Gasteiger partial charge on any atom is -0.396 e. The lowest BCUT2D eigenvalue weighted by Crippen LogP contribution is -2.06. The highest BCUT2D eigenvalue weighted by Gasteiger charge is 1.97. The predicted octanol–water partition coefficient (Wildman–Crippen LogP) is 0.944. The SMILES string of the molecule is CCCC=CC(CO)CO. The maximum Gasteiger partial charge on any atom is 0.0515 e. The lowest BCUT2D eigenvalue weighted by molar-refractivity contribution is 0.177. The number of unbranched alkanes of at least 4 members (excludes halogenated alkanes) is 1. The number of allylic oxidation sites excluding steroid dienone is 1. The van der Waals surface area contributed by atoms with Gasteiger partial charge >= 0.3 is 0 Å². The summed E-state index contributed by atoms with van der Waals surface area (Å²) in [6.45, 7) is 2.17. The van der Waals surface area contributed by atoms with Crippen LogP contribution in [0.3, 0.4) is 0 Å². The number of aliphatic hydroxyl groups is 2. The van der Waals surface area contributed by atoms with Crippen LogP contribution in [0, 0.1) is 5.92 Å². The van der Waals surface area contributed by atoms with Gasteiger partial charge < -0.3 is 10.2 Å². The standard InChI is InChI=1S/C8H16O2/c1-2-3-4-5-8(6-9)7-10/h4-5,8-10H,2-3,6-7H2,1H3. The highest BCUT2D eigenvalue weighted by atomic mass is 16.3. The van der Waals surface area contributed by atoms with E-state index in [-0.39, 0.29) is 19.1 Å². The number of hydrogen-bond donors (Lipinski definition) is 2. The molecule has 0 fully saturated rings. The van der Waals surface area contributed by atoms with Gasteiger partial charge in [0.1, 0.15) is 0 Å². The second-order valence-corrected chi connectivity index (χ2v) is 2.34. The van der Waals surface area contributed by atoms with Gasteiger partial charge in [0.15, 0.2) is 0 Å². The molecule has 0 saturated carbocycles. The zero-order valence-corrected chi connectivity index (χ0v) is 6.45. The Morgan fingerprint density at radius 3 is 2.30 bits per heavy atom. The summed E-state index contributed by atoms with van der Waals surface area (Å²) >= 11 is 0. The third kappa shape index (κ3) is 4.53. The average Bonchev–Trinajstić information content (AvgIpc) is 1.99. The van der Waals surface area contributed by atoms with Gasteiger partial charge in [0.05, 0.1) is 13.2 Å². The van der Waals surface area contributed by atoms with Crippen molar-refractivity contribution in [3.63, 3.8) is 0 Å². The Bertz CT molecular complexity index is 85.3. The molecular weight excluding hydrogens is 128 g/mol. The molecule has 0 aliphatic carbocycles. The van der Waals surface area contributed by atoms with Gasteiger partial charge in [-0.05, 0) is 6.42 Å². The molecule has 0 rings (SSSR count). The molecule has 0 aliphatic heterocycles. The van der Waals surface area contributed by atoms with Crippen LogP contribution in [0.2, 0.25) is 0 Å². The zero-order chi connectivity index (χ0) is 7.82. The fraction of sp³-hybridized carbons (Fsp3) is 0.750. The van der Waals surface area contributed by atoms with Crippen molar-refractivity contribution in [1.82, 2.24) is 0 Å². The largest absolute Gasteiger partial charge is 0.396 e. The van der Waals surface area contributed by atoms with Crippen molar-refractivity contribution >= 4 is 0 Å². The molecule has 0 amide bonds. The van der Waals surface area contributed by atoms with Gasteiger partial charge in [-0.3, -0.25) is 0 Å². The van der Waals surface area contributed by atoms with Crippen LogP contribution in [0.5, 0.6) is 0 Å². The van der Waals surface area contributed by atoms with E-state index in [4.69, 9.17) is 10.2 Å². The predicted molar refractivity (Wildman–Crippen MR) is 41.7 cm³/mol. The minimum atomic E-state index is -0.0634. The number of aliphatic hydroxyl groups excluding tert-OH is 2. The van der Waals surface area contributed by atoms with Gasteiger partial charge in [-0.1, -0.05) is 25.5 Å². The van der Waals surface area contributed by atoms with Crippen LogP contribution >= 0.6 is 0 Å². The van der Waals surface area contributed by atoms with E-state index in [0.29, 0.717) is 0 Å². The fourth-order valence-electron chi connectivity index (χ4n) is 0.635. The second kappa shape index (κ2) is 6.78. The van der Waals surface area contributed by atoms with Crippen molar-refractivity contribution < 1.29 is 10.2 Å². The van der Waals surface area contributed by atoms with Gasteiger partial charge in [0.2, 0.25) is 0 Å². The molecule has 0 atom stereocenters. The molecule has 60 valence electrons. The van der Waals surface area contributed by atoms with Gasteiger partial charge in [-0.15, -0.1) is 0 Å². The monoisotopic (exact) mass is 144 g/mol. The molecule has 2 heteroatoms. The molecule has 0 radical (unpaired) electrons. The van der Waals surface area contributed by atoms with Crippen LogP contribution in [-0.2, 0) is 0 Å². The Morgan fingerprint density at radius 2 is 1.90 bits per heavy atom. The first kappa shape index (κ1) is 9.66. The van der Waals surface area contributed by atoms with Gasteiger partial charge in [-0.25, -0.2) is 0 Å². The minimum absolute atomic E-state index is 0.0384. The van der Waals surface area contributed by atoms with Crippen LogP contribution in [0.1, 0.15) is 19.8 Å². The fourth-order valence-corrected chi connectivity index (χ4v) is 0.635. The molecule has 0 saturated heterocycles. The van der Waals surface area contributed by atoms with Crippen molar-refractivity contribution in [1.29, 1.82) is 0 Å². The summed E-state index contributed by atoms with van der Waals surface area (Å²) in [7, 11) is 0. The van der Waals surface area contributed by atoms with Crippen molar-refractivity contribution in [2.75, 3.05) is 13.2 Å². The molecule has 0 unspecified atom stereocenters. The van der Waals surface area contributed by atoms with E-state index in [0.717, 1.165) is 12.8 Å². The van der Waals surface area contributed by atoms with Crippen LogP contribution in [-0.4, -0.2) is 23.4 Å². The summed E-state index contributed by atoms with van der Waals surface area (Å²) in [6.07, 6.45) is 6.00. The number of hydrogen-bond acceptors (Lipinski definition) is 2. The molecule has 0 aromatic heterocycles. The van der Waals surface area contributed by atoms with E-state index < -0.39 is 0 Å². The highest BCUT2D eigenvalue weighted by molar-refractivity contribution is 4.87. The normalized spacial score (nSPS) is 11.6. The quantitative estimate of drug-likeness (QED) is 0.564. The Kier molecular flexibility index (Phi) is 6.55. The molecule has 0 heterocycles. The summed E-state index contributed by atoms with van der Waals surface area (Å²) in [5.41, 5.74) is 0. The summed E-state index contributed by atoms with van der Waals surface area (Å²) < 4.78 is 0. The lowest BCUT2D eigenvalue weighted by Gasteiger charge is -2.02. The van der Waals surface area contributed by atoms with E-state index in [1.54, 1.807) is 0 Å². The lowest BCUT2D eigenvalue weighted by atomic mass is 10.1. The first-order valence-electron chi connectivity index (χ1n) is 3.73. The molecule has 0 aromatic carbocycles. The topological polar surface area (TPSA) is 40.5 Å². The molecule has 0 aliphatic rings. The van der Waals surface area contributed by atoms with Crippen LogP contribution < -0.4 is 0 Å². The number of rotatable bonds is 5. The van der Waals surface area contributed by atoms with Crippen molar-refractivity contribution in [2.24, 2.45) is 5.92 Å². The summed E-state index contributed by atoms with van der Waals surface area (Å²) in [5, 5.41) is 17.2. The second-order valence-electron chi connectivity index (χ2n) is 2.34. The smallest absolute Gasteiger partial charge is 0.0515 e. The van der Waals surface area contributed by atoms with E-state index in [2.05, 4.69) is 6.92 Å². The van der Waals surface area contributed by atoms with Gasteiger partial charge in [0.25, 0.3) is 0 Å². The molecular formula is C8H16O2. The maximum absolute atomic E-state index is 8.61. The molecule has 2 N–H and O–H groups in total. The van der Waals surface area contributed by atoms with Crippen LogP contribution in [0.15, 0.2) is 12.2 Å². The molecule has 0 aromatic rings. The Labute approximate surface area is 62.2 Å². The van der Waals surface area contributed by atoms with Gasteiger partial charge in [0, 0.05) is 5.92 Å². The molecule has 0 spiro atoms. The average molecular weight is 144 g/mol. The molecule has 10 heavy (non-hydrogen) atoms. The first-order chi connectivity index (χ1) is 4.85. The third-order valence-electron chi connectivity index (χ3n) is 1.33. The summed E-state index contributed by atoms with van der Waals surface area (Å²) in [4.78, 5) is 0. The molecule has 2 nitrogen and oxygen atoms in total. The van der Waals surface area contributed by atoms with Crippen molar-refractivity contribution in [2.45, 2.75) is 19.8 Å². The van der Waals surface area contributed by atoms with E-state index in [1.807, 2.05) is 12.2 Å². The first-order valence-corrected chi connectivity index (χ1v) is 3.73.